The third kappa shape index (κ3) is 7.63. The Hall–Kier alpha value is -0.370. The van der Waals surface area contributed by atoms with E-state index in [4.69, 9.17) is 0 Å². The first kappa shape index (κ1) is 11.4. The molecule has 0 aromatic carbocycles. The van der Waals surface area contributed by atoms with E-state index in [1.165, 1.54) is 0 Å². The summed E-state index contributed by atoms with van der Waals surface area (Å²) in [4.78, 5) is 20.1. The van der Waals surface area contributed by atoms with Crippen LogP contribution in [0.4, 0.5) is 0 Å². The van der Waals surface area contributed by atoms with Crippen LogP contribution in [0.5, 0.6) is 0 Å². The Labute approximate surface area is 61.0 Å². The van der Waals surface area contributed by atoms with Crippen LogP contribution in [0.3, 0.4) is 0 Å². The SMILES string of the molecule is CCCC(=O)CC=O.Cl. The van der Waals surface area contributed by atoms with Gasteiger partial charge in [0.15, 0.2) is 0 Å². The van der Waals surface area contributed by atoms with Gasteiger partial charge in [-0.15, -0.1) is 12.4 Å². The van der Waals surface area contributed by atoms with Gasteiger partial charge in [-0.3, -0.25) is 4.79 Å². The summed E-state index contributed by atoms with van der Waals surface area (Å²) in [7, 11) is 0. The zero-order valence-electron chi connectivity index (χ0n) is 5.42. The van der Waals surface area contributed by atoms with Crippen molar-refractivity contribution < 1.29 is 9.59 Å². The summed E-state index contributed by atoms with van der Waals surface area (Å²) in [5.74, 6) is 0.0440. The van der Waals surface area contributed by atoms with Gasteiger partial charge in [0.05, 0.1) is 6.42 Å². The van der Waals surface area contributed by atoms with Gasteiger partial charge in [0.1, 0.15) is 12.1 Å². The normalized spacial score (nSPS) is 7.67. The highest BCUT2D eigenvalue weighted by Gasteiger charge is 1.95. The number of carbonyl (C=O) groups is 2. The van der Waals surface area contributed by atoms with E-state index >= 15 is 0 Å². The lowest BCUT2D eigenvalue weighted by atomic mass is 10.2. The molecule has 3 heteroatoms. The second-order valence-electron chi connectivity index (χ2n) is 1.66. The van der Waals surface area contributed by atoms with Crippen LogP contribution < -0.4 is 0 Å². The van der Waals surface area contributed by atoms with Gasteiger partial charge in [-0.25, -0.2) is 0 Å². The van der Waals surface area contributed by atoms with Gasteiger partial charge in [-0.05, 0) is 6.42 Å². The van der Waals surface area contributed by atoms with Gasteiger partial charge in [0.2, 0.25) is 0 Å². The Morgan fingerprint density at radius 2 is 2.11 bits per heavy atom. The molecule has 0 aromatic heterocycles. The van der Waals surface area contributed by atoms with Gasteiger partial charge in [-0.1, -0.05) is 6.92 Å². The molecule has 0 spiro atoms. The number of ketones is 1. The molecule has 0 aliphatic carbocycles. The highest BCUT2D eigenvalue weighted by atomic mass is 35.5. The molecule has 2 nitrogen and oxygen atoms in total. The van der Waals surface area contributed by atoms with E-state index in [0.29, 0.717) is 12.7 Å². The van der Waals surface area contributed by atoms with Gasteiger partial charge in [-0.2, -0.15) is 0 Å². The molecule has 0 atom stereocenters. The molecule has 0 aliphatic rings. The molecule has 0 radical (unpaired) electrons. The number of Topliss-reactive ketones (excluding diaryl/α,β-unsaturated/α-hetero) is 1. The van der Waals surface area contributed by atoms with Crippen LogP contribution in [-0.4, -0.2) is 12.1 Å². The average molecular weight is 151 g/mol. The second-order valence-corrected chi connectivity index (χ2v) is 1.66. The Morgan fingerprint density at radius 3 is 2.44 bits per heavy atom. The summed E-state index contributed by atoms with van der Waals surface area (Å²) in [5, 5.41) is 0. The Kier molecular flexibility index (Phi) is 9.69. The first-order chi connectivity index (χ1) is 3.81. The highest BCUT2D eigenvalue weighted by molar-refractivity contribution is 5.89. The Morgan fingerprint density at radius 1 is 1.56 bits per heavy atom. The molecule has 0 N–H and O–H groups in total. The van der Waals surface area contributed by atoms with Gasteiger partial charge >= 0.3 is 0 Å². The van der Waals surface area contributed by atoms with Crippen LogP contribution in [-0.2, 0) is 9.59 Å². The first-order valence-electron chi connectivity index (χ1n) is 2.76. The van der Waals surface area contributed by atoms with Gasteiger partial charge in [0, 0.05) is 6.42 Å². The van der Waals surface area contributed by atoms with Crippen molar-refractivity contribution >= 4 is 24.5 Å². The largest absolute Gasteiger partial charge is 0.303 e. The lowest BCUT2D eigenvalue weighted by Gasteiger charge is -1.86. The van der Waals surface area contributed by atoms with Crippen molar-refractivity contribution in [2.24, 2.45) is 0 Å². The third-order valence-electron chi connectivity index (χ3n) is 0.840. The van der Waals surface area contributed by atoms with Gasteiger partial charge < -0.3 is 4.79 Å². The fourth-order valence-corrected chi connectivity index (χ4v) is 0.474. The lowest BCUT2D eigenvalue weighted by molar-refractivity contribution is -0.122. The van der Waals surface area contributed by atoms with E-state index in [-0.39, 0.29) is 24.6 Å². The maximum atomic E-state index is 10.4. The molecular weight excluding hydrogens is 140 g/mol. The minimum absolute atomic E-state index is 0. The number of halogens is 1. The van der Waals surface area contributed by atoms with Crippen LogP contribution in [0.1, 0.15) is 26.2 Å². The number of hydrogen-bond acceptors (Lipinski definition) is 2. The zero-order chi connectivity index (χ0) is 6.41. The smallest absolute Gasteiger partial charge is 0.139 e. The van der Waals surface area contributed by atoms with Crippen molar-refractivity contribution in [3.63, 3.8) is 0 Å². The van der Waals surface area contributed by atoms with Gasteiger partial charge in [0.25, 0.3) is 0 Å². The van der Waals surface area contributed by atoms with Crippen molar-refractivity contribution in [1.29, 1.82) is 0 Å². The number of hydrogen-bond donors (Lipinski definition) is 0. The van der Waals surface area contributed by atoms with Crippen LogP contribution in [0.25, 0.3) is 0 Å². The van der Waals surface area contributed by atoms with Crippen molar-refractivity contribution in [3.8, 4) is 0 Å². The van der Waals surface area contributed by atoms with E-state index in [1.807, 2.05) is 6.92 Å². The Balaban J connectivity index is 0. The maximum Gasteiger partial charge on any atom is 0.139 e. The maximum absolute atomic E-state index is 10.4. The monoisotopic (exact) mass is 150 g/mol. The molecule has 0 aromatic rings. The van der Waals surface area contributed by atoms with Crippen LogP contribution >= 0.6 is 12.4 Å². The quantitative estimate of drug-likeness (QED) is 0.448. The molecule has 0 saturated heterocycles. The zero-order valence-corrected chi connectivity index (χ0v) is 6.24. The predicted octanol–water partition coefficient (Wildman–Crippen LogP) is 1.37. The third-order valence-corrected chi connectivity index (χ3v) is 0.840. The average Bonchev–Trinajstić information content (AvgIpc) is 1.68. The molecule has 9 heavy (non-hydrogen) atoms. The summed E-state index contributed by atoms with van der Waals surface area (Å²) in [6, 6.07) is 0. The molecule has 0 rings (SSSR count). The van der Waals surface area contributed by atoms with Crippen molar-refractivity contribution in [1.82, 2.24) is 0 Å². The minimum atomic E-state index is 0. The molecule has 54 valence electrons. The summed E-state index contributed by atoms with van der Waals surface area (Å²) < 4.78 is 0. The van der Waals surface area contributed by atoms with E-state index in [1.54, 1.807) is 0 Å². The predicted molar refractivity (Wildman–Crippen MR) is 37.8 cm³/mol. The molecule has 0 fully saturated rings. The fourth-order valence-electron chi connectivity index (χ4n) is 0.474. The molecular formula is C6H11ClO2. The molecule has 0 bridgehead atoms. The minimum Gasteiger partial charge on any atom is -0.303 e. The van der Waals surface area contributed by atoms with E-state index in [0.717, 1.165) is 6.42 Å². The number of rotatable bonds is 4. The van der Waals surface area contributed by atoms with E-state index in [2.05, 4.69) is 0 Å². The fraction of sp³-hybridized carbons (Fsp3) is 0.667. The second kappa shape index (κ2) is 7.63. The van der Waals surface area contributed by atoms with Crippen molar-refractivity contribution in [3.05, 3.63) is 0 Å². The van der Waals surface area contributed by atoms with Crippen LogP contribution in [0.2, 0.25) is 0 Å². The Bertz CT molecular complexity index is 91.1. The van der Waals surface area contributed by atoms with Crippen molar-refractivity contribution in [2.75, 3.05) is 0 Å². The summed E-state index contributed by atoms with van der Waals surface area (Å²) in [5.41, 5.74) is 0. The van der Waals surface area contributed by atoms with Crippen LogP contribution in [0.15, 0.2) is 0 Å². The molecule has 0 heterocycles. The summed E-state index contributed by atoms with van der Waals surface area (Å²) >= 11 is 0. The summed E-state index contributed by atoms with van der Waals surface area (Å²) in [6.07, 6.45) is 2.12. The van der Waals surface area contributed by atoms with E-state index in [9.17, 15) is 9.59 Å². The molecule has 0 aliphatic heterocycles. The first-order valence-corrected chi connectivity index (χ1v) is 2.76. The standard InChI is InChI=1S/C6H10O2.ClH/c1-2-3-6(8)4-5-7;/h5H,2-4H2,1H3;1H. The topological polar surface area (TPSA) is 34.1 Å². The molecule has 0 amide bonds. The number of aldehydes is 1. The molecule has 0 unspecified atom stereocenters. The lowest BCUT2D eigenvalue weighted by Crippen LogP contribution is -1.95. The highest BCUT2D eigenvalue weighted by Crippen LogP contribution is 1.90. The van der Waals surface area contributed by atoms with E-state index < -0.39 is 0 Å². The summed E-state index contributed by atoms with van der Waals surface area (Å²) in [6.45, 7) is 1.92. The van der Waals surface area contributed by atoms with Crippen molar-refractivity contribution in [2.45, 2.75) is 26.2 Å². The molecule has 0 saturated carbocycles. The van der Waals surface area contributed by atoms with Crippen LogP contribution in [0, 0.1) is 0 Å². The number of carbonyl (C=O) groups excluding carboxylic acids is 2.